The van der Waals surface area contributed by atoms with Crippen LogP contribution in [0.25, 0.3) is 6.08 Å². The minimum Gasteiger partial charge on any atom is -0.487 e. The van der Waals surface area contributed by atoms with Crippen LogP contribution in [0.15, 0.2) is 79.5 Å². The second-order valence-electron chi connectivity index (χ2n) is 7.64. The van der Waals surface area contributed by atoms with Crippen LogP contribution in [-0.4, -0.2) is 33.6 Å². The van der Waals surface area contributed by atoms with Crippen molar-refractivity contribution in [2.75, 3.05) is 6.54 Å². The van der Waals surface area contributed by atoms with Gasteiger partial charge < -0.3 is 9.84 Å². The summed E-state index contributed by atoms with van der Waals surface area (Å²) in [6, 6.07) is 16.0. The van der Waals surface area contributed by atoms with E-state index in [1.165, 1.54) is 36.0 Å². The van der Waals surface area contributed by atoms with Crippen LogP contribution in [0.4, 0.5) is 10.1 Å². The summed E-state index contributed by atoms with van der Waals surface area (Å²) < 4.78 is 20.4. The zero-order valence-corrected chi connectivity index (χ0v) is 22.9. The number of carbonyl (C=O) groups excluding carboxylic acids is 1. The number of amides is 1. The van der Waals surface area contributed by atoms with Crippen LogP contribution < -0.4 is 4.74 Å². The molecule has 6 nitrogen and oxygen atoms in total. The molecule has 184 valence electrons. The van der Waals surface area contributed by atoms with E-state index in [4.69, 9.17) is 9.84 Å². The van der Waals surface area contributed by atoms with E-state index >= 15 is 0 Å². The maximum absolute atomic E-state index is 13.1. The second kappa shape index (κ2) is 11.4. The van der Waals surface area contributed by atoms with E-state index in [0.29, 0.717) is 37.0 Å². The van der Waals surface area contributed by atoms with Gasteiger partial charge in [-0.2, -0.15) is 0 Å². The van der Waals surface area contributed by atoms with Crippen LogP contribution in [0.2, 0.25) is 0 Å². The van der Waals surface area contributed by atoms with E-state index in [2.05, 4.69) is 36.9 Å². The monoisotopic (exact) mass is 632 g/mol. The van der Waals surface area contributed by atoms with Crippen molar-refractivity contribution >= 4 is 72.4 Å². The first-order chi connectivity index (χ1) is 17.2. The Morgan fingerprint density at radius 1 is 1.11 bits per heavy atom. The Morgan fingerprint density at radius 3 is 2.33 bits per heavy atom. The number of aromatic carboxylic acids is 1. The Kier molecular flexibility index (Phi) is 8.28. The first kappa shape index (κ1) is 26.1. The van der Waals surface area contributed by atoms with Crippen LogP contribution in [-0.2, 0) is 11.4 Å². The molecule has 3 aromatic carbocycles. The molecular formula is C26H19Br2FN2O4S. The number of nitrogens with zero attached hydrogens (tertiary/aromatic N) is 2. The number of carboxylic acids is 1. The van der Waals surface area contributed by atoms with Crippen LogP contribution in [0.5, 0.6) is 5.75 Å². The summed E-state index contributed by atoms with van der Waals surface area (Å²) in [5.41, 5.74) is 2.34. The Morgan fingerprint density at radius 2 is 1.75 bits per heavy atom. The highest BCUT2D eigenvalue weighted by atomic mass is 79.9. The zero-order chi connectivity index (χ0) is 25.8. The fourth-order valence-corrected chi connectivity index (χ4v) is 5.86. The molecule has 1 N–H and O–H groups in total. The first-order valence-corrected chi connectivity index (χ1v) is 13.1. The number of aliphatic imine (C=N–C) groups is 1. The summed E-state index contributed by atoms with van der Waals surface area (Å²) in [5, 5.41) is 9.59. The molecule has 0 unspecified atom stereocenters. The third kappa shape index (κ3) is 6.05. The molecule has 0 spiro atoms. The minimum absolute atomic E-state index is 0.160. The van der Waals surface area contributed by atoms with Crippen molar-refractivity contribution in [3.63, 3.8) is 0 Å². The van der Waals surface area contributed by atoms with Gasteiger partial charge in [-0.25, -0.2) is 14.2 Å². The van der Waals surface area contributed by atoms with Gasteiger partial charge in [0.2, 0.25) is 0 Å². The van der Waals surface area contributed by atoms with Crippen molar-refractivity contribution in [3.8, 4) is 5.75 Å². The topological polar surface area (TPSA) is 79.2 Å². The molecule has 0 bridgehead atoms. The molecule has 1 heterocycles. The third-order valence-corrected chi connectivity index (χ3v) is 7.34. The number of amidine groups is 1. The number of halogens is 3. The molecular weight excluding hydrogens is 615 g/mol. The molecule has 1 fully saturated rings. The second-order valence-corrected chi connectivity index (χ2v) is 10.4. The molecule has 0 radical (unpaired) electrons. The van der Waals surface area contributed by atoms with E-state index in [9.17, 15) is 14.0 Å². The van der Waals surface area contributed by atoms with E-state index in [-0.39, 0.29) is 23.9 Å². The summed E-state index contributed by atoms with van der Waals surface area (Å²) in [5.74, 6) is -0.880. The van der Waals surface area contributed by atoms with E-state index < -0.39 is 5.97 Å². The van der Waals surface area contributed by atoms with E-state index in [1.807, 2.05) is 19.1 Å². The first-order valence-electron chi connectivity index (χ1n) is 10.7. The summed E-state index contributed by atoms with van der Waals surface area (Å²) in [6.45, 7) is 2.58. The van der Waals surface area contributed by atoms with Gasteiger partial charge in [0.1, 0.15) is 18.2 Å². The van der Waals surface area contributed by atoms with Gasteiger partial charge in [-0.15, -0.1) is 0 Å². The van der Waals surface area contributed by atoms with Gasteiger partial charge in [0.25, 0.3) is 5.91 Å². The maximum Gasteiger partial charge on any atom is 0.335 e. The number of hydrogen-bond donors (Lipinski definition) is 1. The molecule has 0 aliphatic carbocycles. The van der Waals surface area contributed by atoms with Crippen LogP contribution in [0.1, 0.15) is 28.4 Å². The SMILES string of the molecule is CCN1C(=O)/C(=C/c2cc(Br)c(OCc3ccc(F)cc3)c(Br)c2)SC1=Nc1ccc(C(=O)O)cc1. The van der Waals surface area contributed by atoms with Gasteiger partial charge >= 0.3 is 5.97 Å². The summed E-state index contributed by atoms with van der Waals surface area (Å²) in [6.07, 6.45) is 1.78. The lowest BCUT2D eigenvalue weighted by Crippen LogP contribution is -2.28. The van der Waals surface area contributed by atoms with Crippen molar-refractivity contribution in [1.29, 1.82) is 0 Å². The van der Waals surface area contributed by atoms with Crippen molar-refractivity contribution in [2.45, 2.75) is 13.5 Å². The number of thioether (sulfide) groups is 1. The molecule has 0 aromatic heterocycles. The van der Waals surface area contributed by atoms with Crippen molar-refractivity contribution in [3.05, 3.63) is 97.0 Å². The lowest BCUT2D eigenvalue weighted by Gasteiger charge is -2.12. The van der Waals surface area contributed by atoms with Gasteiger partial charge in [0, 0.05) is 6.54 Å². The standard InChI is InChI=1S/C26H19Br2FN2O4S/c1-2-31-24(32)22(36-26(31)30-19-9-5-17(6-10-19)25(33)34)13-16-11-20(27)23(21(28)12-16)35-14-15-3-7-18(29)8-4-15/h3-13H,2,14H2,1H3,(H,33,34)/b22-13-,30-26?. The summed E-state index contributed by atoms with van der Waals surface area (Å²) >= 11 is 8.32. The Labute approximate surface area is 228 Å². The molecule has 0 saturated carbocycles. The number of benzene rings is 3. The normalized spacial score (nSPS) is 15.7. The highest BCUT2D eigenvalue weighted by Crippen LogP contribution is 2.38. The molecule has 0 atom stereocenters. The molecule has 1 aliphatic rings. The molecule has 1 amide bonds. The molecule has 4 rings (SSSR count). The number of rotatable bonds is 7. The molecule has 3 aromatic rings. The number of hydrogen-bond acceptors (Lipinski definition) is 5. The maximum atomic E-state index is 13.1. The zero-order valence-electron chi connectivity index (χ0n) is 18.9. The van der Waals surface area contributed by atoms with Crippen molar-refractivity contribution in [1.82, 2.24) is 4.90 Å². The number of ether oxygens (including phenoxy) is 1. The minimum atomic E-state index is -1.01. The number of carboxylic acid groups (broad SMARTS) is 1. The lowest BCUT2D eigenvalue weighted by atomic mass is 10.2. The number of carbonyl (C=O) groups is 2. The Hall–Kier alpha value is -2.95. The quantitative estimate of drug-likeness (QED) is 0.277. The van der Waals surface area contributed by atoms with E-state index in [0.717, 1.165) is 11.1 Å². The van der Waals surface area contributed by atoms with Gasteiger partial charge in [-0.1, -0.05) is 12.1 Å². The average molecular weight is 634 g/mol. The van der Waals surface area contributed by atoms with Gasteiger partial charge in [-0.3, -0.25) is 9.69 Å². The van der Waals surface area contributed by atoms with Crippen LogP contribution in [0, 0.1) is 5.82 Å². The summed E-state index contributed by atoms with van der Waals surface area (Å²) in [7, 11) is 0. The highest BCUT2D eigenvalue weighted by molar-refractivity contribution is 9.11. The third-order valence-electron chi connectivity index (χ3n) is 5.16. The fraction of sp³-hybridized carbons (Fsp3) is 0.115. The molecule has 10 heteroatoms. The Bertz CT molecular complexity index is 1350. The van der Waals surface area contributed by atoms with E-state index in [1.54, 1.807) is 35.2 Å². The predicted molar refractivity (Wildman–Crippen MR) is 146 cm³/mol. The Balaban J connectivity index is 1.54. The highest BCUT2D eigenvalue weighted by Gasteiger charge is 2.32. The summed E-state index contributed by atoms with van der Waals surface area (Å²) in [4.78, 5) is 30.7. The van der Waals surface area contributed by atoms with Crippen LogP contribution >= 0.6 is 43.6 Å². The predicted octanol–water partition coefficient (Wildman–Crippen LogP) is 7.25. The average Bonchev–Trinajstić information content (AvgIpc) is 3.13. The molecule has 1 saturated heterocycles. The van der Waals surface area contributed by atoms with Gasteiger partial charge in [0.05, 0.1) is 25.1 Å². The van der Waals surface area contributed by atoms with Crippen molar-refractivity contribution < 1.29 is 23.8 Å². The van der Waals surface area contributed by atoms with Crippen molar-refractivity contribution in [2.24, 2.45) is 4.99 Å². The lowest BCUT2D eigenvalue weighted by molar-refractivity contribution is -0.122. The largest absolute Gasteiger partial charge is 0.487 e. The number of likely N-dealkylation sites (N-methyl/N-ethyl adjacent to an activating group) is 1. The fourth-order valence-electron chi connectivity index (χ4n) is 3.35. The van der Waals surface area contributed by atoms with Crippen LogP contribution in [0.3, 0.4) is 0 Å². The van der Waals surface area contributed by atoms with Gasteiger partial charge in [-0.05, 0) is 116 Å². The smallest absolute Gasteiger partial charge is 0.335 e. The molecule has 1 aliphatic heterocycles. The molecule has 36 heavy (non-hydrogen) atoms. The van der Waals surface area contributed by atoms with Gasteiger partial charge in [0.15, 0.2) is 5.17 Å².